The number of hydrogen-bond acceptors (Lipinski definition) is 2. The van der Waals surface area contributed by atoms with Gasteiger partial charge in [-0.1, -0.05) is 13.8 Å². The molecule has 0 aromatic rings. The summed E-state index contributed by atoms with van der Waals surface area (Å²) < 4.78 is 0. The van der Waals surface area contributed by atoms with Crippen molar-refractivity contribution < 1.29 is 4.79 Å². The van der Waals surface area contributed by atoms with Gasteiger partial charge in [0, 0.05) is 12.5 Å². The minimum absolute atomic E-state index is 0.184. The van der Waals surface area contributed by atoms with Gasteiger partial charge in [-0.15, -0.1) is 0 Å². The third-order valence-corrected chi connectivity index (χ3v) is 2.55. The monoisotopic (exact) mass is 198 g/mol. The number of nitrogens with one attached hydrogen (secondary N) is 1. The quantitative estimate of drug-likeness (QED) is 0.675. The first kappa shape index (κ1) is 11.5. The van der Waals surface area contributed by atoms with Crippen LogP contribution in [0, 0.1) is 11.8 Å². The van der Waals surface area contributed by atoms with E-state index in [4.69, 9.17) is 5.73 Å². The van der Waals surface area contributed by atoms with Crippen molar-refractivity contribution in [3.8, 4) is 0 Å². The Kier molecular flexibility index (Phi) is 4.39. The Labute approximate surface area is 86.4 Å². The number of nitrogens with two attached hydrogens (primary N) is 1. The standard InChI is InChI=1S/C11H22N2O/c1-8(2)5-9(7-12)6-11(14)13-10-3-4-10/h8-10H,3-7,12H2,1-2H3,(H,13,14)/t9-/m0/s1. The summed E-state index contributed by atoms with van der Waals surface area (Å²) in [7, 11) is 0. The van der Waals surface area contributed by atoms with Crippen LogP contribution in [0.4, 0.5) is 0 Å². The highest BCUT2D eigenvalue weighted by atomic mass is 16.1. The molecule has 1 fully saturated rings. The summed E-state index contributed by atoms with van der Waals surface area (Å²) >= 11 is 0. The van der Waals surface area contributed by atoms with Gasteiger partial charge >= 0.3 is 0 Å². The van der Waals surface area contributed by atoms with Crippen molar-refractivity contribution in [2.45, 2.75) is 45.6 Å². The van der Waals surface area contributed by atoms with Crippen molar-refractivity contribution in [2.75, 3.05) is 6.54 Å². The van der Waals surface area contributed by atoms with Crippen molar-refractivity contribution in [3.05, 3.63) is 0 Å². The average molecular weight is 198 g/mol. The lowest BCUT2D eigenvalue weighted by Crippen LogP contribution is -2.30. The third-order valence-electron chi connectivity index (χ3n) is 2.55. The normalized spacial score (nSPS) is 18.3. The lowest BCUT2D eigenvalue weighted by Gasteiger charge is -2.16. The second-order valence-electron chi connectivity index (χ2n) is 4.78. The predicted molar refractivity (Wildman–Crippen MR) is 57.8 cm³/mol. The van der Waals surface area contributed by atoms with Crippen LogP contribution in [0.3, 0.4) is 0 Å². The highest BCUT2D eigenvalue weighted by molar-refractivity contribution is 5.76. The van der Waals surface area contributed by atoms with Crippen molar-refractivity contribution in [3.63, 3.8) is 0 Å². The molecule has 0 aromatic heterocycles. The van der Waals surface area contributed by atoms with E-state index in [2.05, 4.69) is 19.2 Å². The molecular weight excluding hydrogens is 176 g/mol. The second kappa shape index (κ2) is 5.35. The third kappa shape index (κ3) is 4.61. The summed E-state index contributed by atoms with van der Waals surface area (Å²) in [6.45, 7) is 4.96. The summed E-state index contributed by atoms with van der Waals surface area (Å²) in [5.41, 5.74) is 5.64. The van der Waals surface area contributed by atoms with Gasteiger partial charge in [-0.05, 0) is 37.6 Å². The fraction of sp³-hybridized carbons (Fsp3) is 0.909. The Hall–Kier alpha value is -0.570. The van der Waals surface area contributed by atoms with Crippen LogP contribution in [0.5, 0.6) is 0 Å². The molecule has 1 aliphatic rings. The van der Waals surface area contributed by atoms with E-state index >= 15 is 0 Å². The van der Waals surface area contributed by atoms with E-state index in [0.717, 1.165) is 19.3 Å². The molecule has 0 aliphatic heterocycles. The van der Waals surface area contributed by atoms with Gasteiger partial charge in [-0.3, -0.25) is 4.79 Å². The molecule has 82 valence electrons. The van der Waals surface area contributed by atoms with Crippen LogP contribution < -0.4 is 11.1 Å². The second-order valence-corrected chi connectivity index (χ2v) is 4.78. The lowest BCUT2D eigenvalue weighted by molar-refractivity contribution is -0.122. The summed E-state index contributed by atoms with van der Waals surface area (Å²) in [4.78, 5) is 11.5. The van der Waals surface area contributed by atoms with Gasteiger partial charge in [0.05, 0.1) is 0 Å². The molecule has 0 aromatic carbocycles. The van der Waals surface area contributed by atoms with Gasteiger partial charge < -0.3 is 11.1 Å². The van der Waals surface area contributed by atoms with E-state index in [0.29, 0.717) is 30.8 Å². The first-order valence-electron chi connectivity index (χ1n) is 5.61. The van der Waals surface area contributed by atoms with Gasteiger partial charge in [0.25, 0.3) is 0 Å². The predicted octanol–water partition coefficient (Wildman–Crippen LogP) is 1.28. The van der Waals surface area contributed by atoms with Gasteiger partial charge in [-0.2, -0.15) is 0 Å². The Bertz CT molecular complexity index is 188. The number of carbonyl (C=O) groups excluding carboxylic acids is 1. The van der Waals surface area contributed by atoms with E-state index in [1.807, 2.05) is 0 Å². The zero-order chi connectivity index (χ0) is 10.6. The number of hydrogen-bond donors (Lipinski definition) is 2. The van der Waals surface area contributed by atoms with Crippen LogP contribution in [-0.2, 0) is 4.79 Å². The minimum Gasteiger partial charge on any atom is -0.353 e. The molecule has 0 radical (unpaired) electrons. The van der Waals surface area contributed by atoms with E-state index in [1.165, 1.54) is 0 Å². The molecule has 14 heavy (non-hydrogen) atoms. The Morgan fingerprint density at radius 3 is 2.57 bits per heavy atom. The van der Waals surface area contributed by atoms with E-state index in [-0.39, 0.29) is 5.91 Å². The number of rotatable bonds is 6. The maximum Gasteiger partial charge on any atom is 0.220 e. The van der Waals surface area contributed by atoms with Crippen molar-refractivity contribution in [2.24, 2.45) is 17.6 Å². The Balaban J connectivity index is 2.19. The molecule has 1 rings (SSSR count). The highest BCUT2D eigenvalue weighted by Gasteiger charge is 2.24. The van der Waals surface area contributed by atoms with Crippen LogP contribution in [0.25, 0.3) is 0 Å². The van der Waals surface area contributed by atoms with Gasteiger partial charge in [0.2, 0.25) is 5.91 Å². The molecule has 0 saturated heterocycles. The zero-order valence-electron chi connectivity index (χ0n) is 9.25. The minimum atomic E-state index is 0.184. The molecule has 1 saturated carbocycles. The number of amides is 1. The molecule has 0 spiro atoms. The van der Waals surface area contributed by atoms with Gasteiger partial charge in [0.1, 0.15) is 0 Å². The molecule has 1 amide bonds. The number of carbonyl (C=O) groups is 1. The molecule has 0 heterocycles. The molecule has 0 unspecified atom stereocenters. The van der Waals surface area contributed by atoms with Crippen LogP contribution in [0.15, 0.2) is 0 Å². The van der Waals surface area contributed by atoms with E-state index < -0.39 is 0 Å². The fourth-order valence-corrected chi connectivity index (χ4v) is 1.71. The van der Waals surface area contributed by atoms with Crippen LogP contribution in [-0.4, -0.2) is 18.5 Å². The Morgan fingerprint density at radius 2 is 2.14 bits per heavy atom. The van der Waals surface area contributed by atoms with Crippen LogP contribution in [0.1, 0.15) is 39.5 Å². The van der Waals surface area contributed by atoms with Crippen LogP contribution in [0.2, 0.25) is 0 Å². The van der Waals surface area contributed by atoms with Gasteiger partial charge in [0.15, 0.2) is 0 Å². The maximum atomic E-state index is 11.5. The molecule has 3 heteroatoms. The molecule has 1 aliphatic carbocycles. The molecular formula is C11H22N2O. The van der Waals surface area contributed by atoms with E-state index in [1.54, 1.807) is 0 Å². The maximum absolute atomic E-state index is 11.5. The summed E-state index contributed by atoms with van der Waals surface area (Å²) in [6.07, 6.45) is 3.96. The molecule has 1 atom stereocenters. The van der Waals surface area contributed by atoms with Gasteiger partial charge in [-0.25, -0.2) is 0 Å². The SMILES string of the molecule is CC(C)C[C@H](CN)CC(=O)NC1CC1. The average Bonchev–Trinajstić information content (AvgIpc) is 2.86. The van der Waals surface area contributed by atoms with Crippen molar-refractivity contribution in [1.82, 2.24) is 5.32 Å². The topological polar surface area (TPSA) is 55.1 Å². The van der Waals surface area contributed by atoms with Crippen molar-refractivity contribution >= 4 is 5.91 Å². The first-order chi connectivity index (χ1) is 6.61. The smallest absolute Gasteiger partial charge is 0.220 e. The van der Waals surface area contributed by atoms with Crippen molar-refractivity contribution in [1.29, 1.82) is 0 Å². The largest absolute Gasteiger partial charge is 0.353 e. The molecule has 3 nitrogen and oxygen atoms in total. The molecule has 3 N–H and O–H groups in total. The summed E-state index contributed by atoms with van der Waals surface area (Å²) in [5.74, 6) is 1.16. The van der Waals surface area contributed by atoms with Crippen LogP contribution >= 0.6 is 0 Å². The van der Waals surface area contributed by atoms with E-state index in [9.17, 15) is 4.79 Å². The highest BCUT2D eigenvalue weighted by Crippen LogP contribution is 2.20. The lowest BCUT2D eigenvalue weighted by atomic mass is 9.94. The summed E-state index contributed by atoms with van der Waals surface area (Å²) in [6, 6.07) is 0.472. The first-order valence-corrected chi connectivity index (χ1v) is 5.61. The fourth-order valence-electron chi connectivity index (χ4n) is 1.71. The molecule has 0 bridgehead atoms. The summed E-state index contributed by atoms with van der Waals surface area (Å²) in [5, 5.41) is 3.00. The zero-order valence-corrected chi connectivity index (χ0v) is 9.25. The Morgan fingerprint density at radius 1 is 1.50 bits per heavy atom.